The van der Waals surface area contributed by atoms with Gasteiger partial charge >= 0.3 is 0 Å². The fourth-order valence-corrected chi connectivity index (χ4v) is 2.52. The van der Waals surface area contributed by atoms with Crippen molar-refractivity contribution in [1.29, 1.82) is 0 Å². The van der Waals surface area contributed by atoms with E-state index in [1.54, 1.807) is 11.8 Å². The van der Waals surface area contributed by atoms with E-state index < -0.39 is 0 Å². The van der Waals surface area contributed by atoms with Crippen LogP contribution in [0.15, 0.2) is 0 Å². The number of carbonyl (C=O) groups is 1. The molecule has 0 aliphatic carbocycles. The first kappa shape index (κ1) is 12.8. The zero-order valence-electron chi connectivity index (χ0n) is 9.93. The normalized spacial score (nSPS) is 28.5. The lowest BCUT2D eigenvalue weighted by Crippen LogP contribution is -2.51. The van der Waals surface area contributed by atoms with Gasteiger partial charge in [0.25, 0.3) is 0 Å². The second kappa shape index (κ2) is 5.75. The molecular weight excluding hydrogens is 208 g/mol. The van der Waals surface area contributed by atoms with Crippen LogP contribution in [-0.2, 0) is 4.79 Å². The van der Waals surface area contributed by atoms with Gasteiger partial charge in [-0.3, -0.25) is 4.79 Å². The van der Waals surface area contributed by atoms with Gasteiger partial charge in [-0.05, 0) is 39.5 Å². The summed E-state index contributed by atoms with van der Waals surface area (Å²) in [5.74, 6) is 1.19. The van der Waals surface area contributed by atoms with Crippen molar-refractivity contribution in [2.75, 3.05) is 25.1 Å². The van der Waals surface area contributed by atoms with Crippen molar-refractivity contribution in [2.24, 2.45) is 5.41 Å². The Kier molecular flexibility index (Phi) is 4.93. The second-order valence-corrected chi connectivity index (χ2v) is 5.58. The zero-order chi connectivity index (χ0) is 11.3. The molecule has 1 rings (SSSR count). The van der Waals surface area contributed by atoms with E-state index in [9.17, 15) is 4.79 Å². The van der Waals surface area contributed by atoms with Crippen LogP contribution in [0.4, 0.5) is 0 Å². The first-order valence-corrected chi connectivity index (χ1v) is 6.98. The molecule has 0 saturated carbocycles. The van der Waals surface area contributed by atoms with E-state index in [-0.39, 0.29) is 17.4 Å². The molecule has 1 fully saturated rings. The van der Waals surface area contributed by atoms with Crippen LogP contribution in [0.3, 0.4) is 0 Å². The lowest BCUT2D eigenvalue weighted by Gasteiger charge is -2.33. The van der Waals surface area contributed by atoms with Crippen LogP contribution in [0.1, 0.15) is 26.7 Å². The first-order chi connectivity index (χ1) is 7.08. The molecule has 1 aliphatic rings. The molecule has 0 aromatic rings. The lowest BCUT2D eigenvalue weighted by molar-refractivity contribution is -0.131. The number of carbonyl (C=O) groups excluding carboxylic acids is 1. The number of nitrogens with one attached hydrogen (secondary N) is 2. The fourth-order valence-electron chi connectivity index (χ4n) is 1.94. The minimum Gasteiger partial charge on any atom is -0.352 e. The average molecular weight is 230 g/mol. The Morgan fingerprint density at radius 2 is 2.40 bits per heavy atom. The summed E-state index contributed by atoms with van der Waals surface area (Å²) >= 11 is 1.77. The Hall–Kier alpha value is -0.220. The van der Waals surface area contributed by atoms with Crippen molar-refractivity contribution < 1.29 is 4.79 Å². The summed E-state index contributed by atoms with van der Waals surface area (Å²) < 4.78 is 0. The summed E-state index contributed by atoms with van der Waals surface area (Å²) in [4.78, 5) is 12.0. The van der Waals surface area contributed by atoms with Gasteiger partial charge in [0.1, 0.15) is 0 Å². The lowest BCUT2D eigenvalue weighted by atomic mass is 9.82. The molecule has 2 atom stereocenters. The zero-order valence-corrected chi connectivity index (χ0v) is 10.7. The number of hydrogen-bond acceptors (Lipinski definition) is 3. The van der Waals surface area contributed by atoms with Crippen molar-refractivity contribution >= 4 is 17.7 Å². The van der Waals surface area contributed by atoms with Gasteiger partial charge in [0.2, 0.25) is 5.91 Å². The molecule has 88 valence electrons. The van der Waals surface area contributed by atoms with Crippen LogP contribution in [0, 0.1) is 5.41 Å². The van der Waals surface area contributed by atoms with Crippen LogP contribution >= 0.6 is 11.8 Å². The van der Waals surface area contributed by atoms with E-state index in [1.165, 1.54) is 0 Å². The molecule has 0 radical (unpaired) electrons. The molecular formula is C11H22N2OS. The van der Waals surface area contributed by atoms with Gasteiger partial charge in [-0.25, -0.2) is 0 Å². The maximum atomic E-state index is 12.0. The van der Waals surface area contributed by atoms with Crippen molar-refractivity contribution in [2.45, 2.75) is 32.7 Å². The van der Waals surface area contributed by atoms with Gasteiger partial charge < -0.3 is 10.6 Å². The summed E-state index contributed by atoms with van der Waals surface area (Å²) in [5.41, 5.74) is -0.203. The monoisotopic (exact) mass is 230 g/mol. The van der Waals surface area contributed by atoms with Gasteiger partial charge in [0.15, 0.2) is 0 Å². The van der Waals surface area contributed by atoms with E-state index in [4.69, 9.17) is 0 Å². The Labute approximate surface area is 96.8 Å². The SMILES string of the molecule is CSCC(C)NC(=O)C1(C)CCCNC1. The van der Waals surface area contributed by atoms with Gasteiger partial charge in [-0.15, -0.1) is 0 Å². The summed E-state index contributed by atoms with van der Waals surface area (Å²) in [6.45, 7) is 5.97. The highest BCUT2D eigenvalue weighted by atomic mass is 32.2. The van der Waals surface area contributed by atoms with Crippen molar-refractivity contribution in [3.63, 3.8) is 0 Å². The minimum atomic E-state index is -0.203. The molecule has 1 amide bonds. The van der Waals surface area contributed by atoms with Gasteiger partial charge in [-0.1, -0.05) is 0 Å². The van der Waals surface area contributed by atoms with Crippen LogP contribution in [0.5, 0.6) is 0 Å². The molecule has 0 aromatic carbocycles. The summed E-state index contributed by atoms with van der Waals surface area (Å²) in [5, 5.41) is 6.39. The quantitative estimate of drug-likeness (QED) is 0.763. The third-order valence-electron chi connectivity index (χ3n) is 2.94. The Balaban J connectivity index is 2.44. The van der Waals surface area contributed by atoms with E-state index in [0.717, 1.165) is 31.7 Å². The maximum absolute atomic E-state index is 12.0. The molecule has 1 saturated heterocycles. The van der Waals surface area contributed by atoms with Crippen molar-refractivity contribution in [3.8, 4) is 0 Å². The number of rotatable bonds is 4. The minimum absolute atomic E-state index is 0.203. The van der Waals surface area contributed by atoms with Gasteiger partial charge in [-0.2, -0.15) is 11.8 Å². The first-order valence-electron chi connectivity index (χ1n) is 5.59. The third-order valence-corrected chi connectivity index (χ3v) is 3.77. The van der Waals surface area contributed by atoms with Crippen LogP contribution in [0.25, 0.3) is 0 Å². The van der Waals surface area contributed by atoms with Gasteiger partial charge in [0.05, 0.1) is 5.41 Å². The van der Waals surface area contributed by atoms with E-state index in [0.29, 0.717) is 0 Å². The predicted octanol–water partition coefficient (Wildman–Crippen LogP) is 1.24. The van der Waals surface area contributed by atoms with Crippen LogP contribution < -0.4 is 10.6 Å². The highest BCUT2D eigenvalue weighted by Gasteiger charge is 2.34. The molecule has 4 heteroatoms. The standard InChI is InChI=1S/C11H22N2OS/c1-9(7-15-3)13-10(14)11(2)5-4-6-12-8-11/h9,12H,4-8H2,1-3H3,(H,13,14). The Bertz CT molecular complexity index is 215. The van der Waals surface area contributed by atoms with E-state index >= 15 is 0 Å². The smallest absolute Gasteiger partial charge is 0.227 e. The molecule has 15 heavy (non-hydrogen) atoms. The molecule has 1 heterocycles. The number of amides is 1. The summed E-state index contributed by atoms with van der Waals surface area (Å²) in [7, 11) is 0. The molecule has 2 N–H and O–H groups in total. The number of piperidine rings is 1. The molecule has 2 unspecified atom stereocenters. The van der Waals surface area contributed by atoms with Crippen molar-refractivity contribution in [1.82, 2.24) is 10.6 Å². The van der Waals surface area contributed by atoms with E-state index in [2.05, 4.69) is 30.7 Å². The van der Waals surface area contributed by atoms with Gasteiger partial charge in [0, 0.05) is 18.3 Å². The highest BCUT2D eigenvalue weighted by Crippen LogP contribution is 2.25. The summed E-state index contributed by atoms with van der Waals surface area (Å²) in [6, 6.07) is 0.270. The highest BCUT2D eigenvalue weighted by molar-refractivity contribution is 7.98. The van der Waals surface area contributed by atoms with Crippen LogP contribution in [0.2, 0.25) is 0 Å². The fraction of sp³-hybridized carbons (Fsp3) is 0.909. The van der Waals surface area contributed by atoms with Crippen molar-refractivity contribution in [3.05, 3.63) is 0 Å². The third kappa shape index (κ3) is 3.68. The largest absolute Gasteiger partial charge is 0.352 e. The molecule has 0 bridgehead atoms. The van der Waals surface area contributed by atoms with E-state index in [1.807, 2.05) is 0 Å². The van der Waals surface area contributed by atoms with Crippen LogP contribution in [-0.4, -0.2) is 37.0 Å². The second-order valence-electron chi connectivity index (χ2n) is 4.67. The Morgan fingerprint density at radius 1 is 1.67 bits per heavy atom. The number of thioether (sulfide) groups is 1. The molecule has 0 spiro atoms. The summed E-state index contributed by atoms with van der Waals surface area (Å²) in [6.07, 6.45) is 4.16. The molecule has 0 aromatic heterocycles. The predicted molar refractivity (Wildman–Crippen MR) is 66.2 cm³/mol. The topological polar surface area (TPSA) is 41.1 Å². The number of hydrogen-bond donors (Lipinski definition) is 2. The molecule has 1 aliphatic heterocycles. The average Bonchev–Trinajstić information content (AvgIpc) is 2.19. The molecule has 3 nitrogen and oxygen atoms in total. The Morgan fingerprint density at radius 3 is 2.93 bits per heavy atom. The maximum Gasteiger partial charge on any atom is 0.227 e.